The van der Waals surface area contributed by atoms with Gasteiger partial charge in [0.15, 0.2) is 28.9 Å². The van der Waals surface area contributed by atoms with E-state index in [1.165, 1.54) is 20.2 Å². The number of hydrogen-bond donors (Lipinski definition) is 0. The second-order valence-electron chi connectivity index (χ2n) is 14.0. The molecule has 5 aromatic heterocycles. The van der Waals surface area contributed by atoms with E-state index in [1.807, 2.05) is 78.9 Å². The molecule has 5 heterocycles. The van der Waals surface area contributed by atoms with Crippen LogP contribution in [0.25, 0.3) is 119 Å². The van der Waals surface area contributed by atoms with Crippen molar-refractivity contribution in [2.45, 2.75) is 0 Å². The van der Waals surface area contributed by atoms with Crippen molar-refractivity contribution in [1.29, 1.82) is 0 Å². The molecule has 0 atom stereocenters. The molecule has 0 aliphatic heterocycles. The number of benzene rings is 7. The van der Waals surface area contributed by atoms with Gasteiger partial charge in [0.25, 0.3) is 0 Å². The molecular weight excluding hydrogens is 739 g/mol. The molecule has 0 aliphatic rings. The van der Waals surface area contributed by atoms with E-state index >= 15 is 0 Å². The van der Waals surface area contributed by atoms with E-state index < -0.39 is 0 Å². The molecule has 0 fully saturated rings. The first kappa shape index (κ1) is 32.1. The largest absolute Gasteiger partial charge is 0.452 e. The molecule has 8 heteroatoms. The fraction of sp³-hybridized carbons (Fsp3) is 0. The minimum absolute atomic E-state index is 0.625. The number of para-hydroxylation sites is 1. The summed E-state index contributed by atoms with van der Waals surface area (Å²) in [7, 11) is 0. The summed E-state index contributed by atoms with van der Waals surface area (Å²) in [6.45, 7) is 0. The molecule has 0 unspecified atom stereocenters. The summed E-state index contributed by atoms with van der Waals surface area (Å²) >= 11 is 3.55. The highest BCUT2D eigenvalue weighted by Crippen LogP contribution is 2.45. The van der Waals surface area contributed by atoms with Crippen LogP contribution in [0.15, 0.2) is 168 Å². The van der Waals surface area contributed by atoms with Crippen molar-refractivity contribution in [3.05, 3.63) is 164 Å². The molecule has 57 heavy (non-hydrogen) atoms. The Morgan fingerprint density at radius 3 is 1.81 bits per heavy atom. The van der Waals surface area contributed by atoms with Gasteiger partial charge in [-0.3, -0.25) is 0 Å². The van der Waals surface area contributed by atoms with Crippen LogP contribution in [0.2, 0.25) is 0 Å². The lowest BCUT2D eigenvalue weighted by molar-refractivity contribution is 0.667. The molecule has 0 N–H and O–H groups in total. The molecule has 0 saturated heterocycles. The van der Waals surface area contributed by atoms with Crippen LogP contribution in [0.1, 0.15) is 0 Å². The average Bonchev–Trinajstić information content (AvgIpc) is 3.98. The van der Waals surface area contributed by atoms with Crippen molar-refractivity contribution in [3.63, 3.8) is 0 Å². The summed E-state index contributed by atoms with van der Waals surface area (Å²) in [6.07, 6.45) is 0. The van der Waals surface area contributed by atoms with Gasteiger partial charge < -0.3 is 4.42 Å². The lowest BCUT2D eigenvalue weighted by atomic mass is 10.0. The third-order valence-corrected chi connectivity index (χ3v) is 12.9. The normalized spacial score (nSPS) is 11.9. The van der Waals surface area contributed by atoms with E-state index in [1.54, 1.807) is 22.7 Å². The smallest absolute Gasteiger partial charge is 0.180 e. The van der Waals surface area contributed by atoms with E-state index in [2.05, 4.69) is 84.9 Å². The number of fused-ring (bicyclic) bond motifs is 9. The molecular formula is C49H27N5OS2. The van der Waals surface area contributed by atoms with Crippen LogP contribution in [0.3, 0.4) is 0 Å². The van der Waals surface area contributed by atoms with Crippen LogP contribution in [-0.2, 0) is 0 Å². The van der Waals surface area contributed by atoms with Crippen molar-refractivity contribution in [2.24, 2.45) is 0 Å². The number of furan rings is 1. The maximum Gasteiger partial charge on any atom is 0.180 e. The second kappa shape index (κ2) is 12.7. The Balaban J connectivity index is 1.09. The van der Waals surface area contributed by atoms with Gasteiger partial charge in [-0.05, 0) is 42.5 Å². The van der Waals surface area contributed by atoms with E-state index in [0.717, 1.165) is 70.2 Å². The highest BCUT2D eigenvalue weighted by Gasteiger charge is 2.22. The van der Waals surface area contributed by atoms with Gasteiger partial charge in [-0.25, -0.2) is 24.9 Å². The first-order chi connectivity index (χ1) is 28.2. The van der Waals surface area contributed by atoms with Crippen LogP contribution in [0.4, 0.5) is 0 Å². The molecule has 7 aromatic carbocycles. The van der Waals surface area contributed by atoms with Crippen molar-refractivity contribution in [2.75, 3.05) is 0 Å². The van der Waals surface area contributed by atoms with Crippen molar-refractivity contribution < 1.29 is 4.42 Å². The van der Waals surface area contributed by atoms with Gasteiger partial charge in [-0.1, -0.05) is 121 Å². The number of hydrogen-bond acceptors (Lipinski definition) is 8. The Morgan fingerprint density at radius 2 is 1.00 bits per heavy atom. The number of rotatable bonds is 5. The predicted octanol–water partition coefficient (Wildman–Crippen LogP) is 13.6. The van der Waals surface area contributed by atoms with Crippen molar-refractivity contribution >= 4 is 85.1 Å². The molecule has 0 spiro atoms. The topological polar surface area (TPSA) is 77.6 Å². The van der Waals surface area contributed by atoms with E-state index in [-0.39, 0.29) is 0 Å². The molecule has 0 saturated carbocycles. The molecule has 0 radical (unpaired) electrons. The number of thiophene rings is 2. The zero-order chi connectivity index (χ0) is 37.5. The maximum absolute atomic E-state index is 6.58. The third-order valence-electron chi connectivity index (χ3n) is 10.6. The summed E-state index contributed by atoms with van der Waals surface area (Å²) in [5.41, 5.74) is 7.82. The lowest BCUT2D eigenvalue weighted by Gasteiger charge is -2.10. The minimum Gasteiger partial charge on any atom is -0.452 e. The molecule has 12 aromatic rings. The fourth-order valence-electron chi connectivity index (χ4n) is 7.92. The molecule has 266 valence electrons. The lowest BCUT2D eigenvalue weighted by Crippen LogP contribution is -2.00. The van der Waals surface area contributed by atoms with Gasteiger partial charge in [0.2, 0.25) is 0 Å². The Labute approximate surface area is 333 Å². The van der Waals surface area contributed by atoms with Gasteiger partial charge in [0.1, 0.15) is 16.8 Å². The molecule has 12 rings (SSSR count). The van der Waals surface area contributed by atoms with Gasteiger partial charge in [-0.2, -0.15) is 0 Å². The minimum atomic E-state index is 0.625. The van der Waals surface area contributed by atoms with Gasteiger partial charge in [0.05, 0.1) is 0 Å². The first-order valence-corrected chi connectivity index (χ1v) is 20.3. The van der Waals surface area contributed by atoms with E-state index in [9.17, 15) is 0 Å². The fourth-order valence-corrected chi connectivity index (χ4v) is 10.2. The Bertz CT molecular complexity index is 3480. The zero-order valence-corrected chi connectivity index (χ0v) is 31.7. The van der Waals surface area contributed by atoms with Crippen LogP contribution >= 0.6 is 22.7 Å². The second-order valence-corrected chi connectivity index (χ2v) is 16.1. The Hall–Kier alpha value is -7.13. The van der Waals surface area contributed by atoms with Crippen LogP contribution < -0.4 is 0 Å². The first-order valence-electron chi connectivity index (χ1n) is 18.7. The summed E-state index contributed by atoms with van der Waals surface area (Å²) in [5.74, 6) is 2.53. The van der Waals surface area contributed by atoms with Crippen molar-refractivity contribution in [3.8, 4) is 56.8 Å². The number of aromatic nitrogens is 5. The van der Waals surface area contributed by atoms with E-state index in [0.29, 0.717) is 28.9 Å². The highest BCUT2D eigenvalue weighted by molar-refractivity contribution is 7.26. The Kier molecular flexibility index (Phi) is 7.17. The third kappa shape index (κ3) is 5.19. The SMILES string of the molecule is c1ccc(-c2nc(-c3ccccc3)nc(-c3cccc4sc5ccc(-c6nc(-c7cccc8c7sc7ccccc78)c7oc8ccccc8c7n6)cc5c34)n2)cc1. The Morgan fingerprint density at radius 1 is 0.386 bits per heavy atom. The average molecular weight is 766 g/mol. The highest BCUT2D eigenvalue weighted by atomic mass is 32.1. The monoisotopic (exact) mass is 765 g/mol. The maximum atomic E-state index is 6.58. The standard InChI is InChI=1S/C49H27N5OS2/c1-3-13-28(14-4-1)46-52-47(29-15-5-2-6-16-29)54-49(53-46)34-20-12-24-40-41(34)36-27-30(25-26-39(36)56-40)48-50-42-33-18-7-9-22-37(33)55-44(42)43(51-48)35-21-11-19-32-31-17-8-10-23-38(31)57-45(32)35/h1-27H. The summed E-state index contributed by atoms with van der Waals surface area (Å²) < 4.78 is 11.3. The summed E-state index contributed by atoms with van der Waals surface area (Å²) in [5, 5.41) is 5.60. The predicted molar refractivity (Wildman–Crippen MR) is 236 cm³/mol. The van der Waals surface area contributed by atoms with Gasteiger partial charge in [-0.15, -0.1) is 22.7 Å². The molecule has 0 bridgehead atoms. The molecule has 0 aliphatic carbocycles. The van der Waals surface area contributed by atoms with Crippen LogP contribution in [0, 0.1) is 0 Å². The van der Waals surface area contributed by atoms with Crippen LogP contribution in [-0.4, -0.2) is 24.9 Å². The van der Waals surface area contributed by atoms with Crippen LogP contribution in [0.5, 0.6) is 0 Å². The zero-order valence-electron chi connectivity index (χ0n) is 30.0. The summed E-state index contributed by atoms with van der Waals surface area (Å²) in [6, 6.07) is 56.3. The van der Waals surface area contributed by atoms with E-state index in [4.69, 9.17) is 29.3 Å². The van der Waals surface area contributed by atoms with Crippen molar-refractivity contribution in [1.82, 2.24) is 24.9 Å². The van der Waals surface area contributed by atoms with Gasteiger partial charge in [0, 0.05) is 73.5 Å². The molecule has 0 amide bonds. The number of nitrogens with zero attached hydrogens (tertiary/aromatic N) is 5. The summed E-state index contributed by atoms with van der Waals surface area (Å²) in [4.78, 5) is 25.8. The quantitative estimate of drug-likeness (QED) is 0.174. The molecule has 6 nitrogen and oxygen atoms in total. The van der Waals surface area contributed by atoms with Gasteiger partial charge >= 0.3 is 0 Å².